The third-order valence-electron chi connectivity index (χ3n) is 4.11. The zero-order chi connectivity index (χ0) is 14.6. The Morgan fingerprint density at radius 2 is 1.95 bits per heavy atom. The summed E-state index contributed by atoms with van der Waals surface area (Å²) in [5, 5.41) is 3.50. The van der Waals surface area contributed by atoms with Crippen molar-refractivity contribution in [2.24, 2.45) is 5.92 Å². The van der Waals surface area contributed by atoms with Gasteiger partial charge in [-0.25, -0.2) is 4.98 Å². The van der Waals surface area contributed by atoms with Crippen LogP contribution >= 0.6 is 0 Å². The number of nitrogens with zero attached hydrogens (tertiary/aromatic N) is 2. The van der Waals surface area contributed by atoms with Gasteiger partial charge in [-0.05, 0) is 51.7 Å². The second kappa shape index (κ2) is 6.57. The fourth-order valence-electron chi connectivity index (χ4n) is 2.67. The van der Waals surface area contributed by atoms with Crippen LogP contribution in [0.3, 0.4) is 0 Å². The molecule has 1 aliphatic heterocycles. The number of aromatic nitrogens is 1. The molecular weight excluding hydrogens is 246 g/mol. The van der Waals surface area contributed by atoms with Gasteiger partial charge in [0.25, 0.3) is 0 Å². The molecule has 0 bridgehead atoms. The van der Waals surface area contributed by atoms with Gasteiger partial charge in [-0.1, -0.05) is 19.4 Å². The molecular formula is C17H29N3. The van der Waals surface area contributed by atoms with E-state index in [0.717, 1.165) is 37.1 Å². The van der Waals surface area contributed by atoms with Gasteiger partial charge in [-0.15, -0.1) is 0 Å². The SMILES string of the molecule is CCC1CCN(c2cccc(CNC(C)(C)C)n2)CC1. The second-order valence-corrected chi connectivity index (χ2v) is 6.93. The maximum absolute atomic E-state index is 4.81. The zero-order valence-electron chi connectivity index (χ0n) is 13.4. The largest absolute Gasteiger partial charge is 0.357 e. The van der Waals surface area contributed by atoms with Crippen molar-refractivity contribution in [3.8, 4) is 0 Å². The van der Waals surface area contributed by atoms with Crippen molar-refractivity contribution in [2.45, 2.75) is 59.0 Å². The van der Waals surface area contributed by atoms with Crippen LogP contribution in [0.15, 0.2) is 18.2 Å². The molecule has 1 saturated heterocycles. The minimum absolute atomic E-state index is 0.136. The Balaban J connectivity index is 1.96. The van der Waals surface area contributed by atoms with Crippen LogP contribution in [0.5, 0.6) is 0 Å². The predicted octanol–water partition coefficient (Wildman–Crippen LogP) is 3.60. The fourth-order valence-corrected chi connectivity index (χ4v) is 2.67. The summed E-state index contributed by atoms with van der Waals surface area (Å²) in [4.78, 5) is 7.25. The summed E-state index contributed by atoms with van der Waals surface area (Å²) in [6, 6.07) is 6.39. The van der Waals surface area contributed by atoms with Crippen molar-refractivity contribution in [1.82, 2.24) is 10.3 Å². The fraction of sp³-hybridized carbons (Fsp3) is 0.706. The molecule has 1 aromatic heterocycles. The van der Waals surface area contributed by atoms with Gasteiger partial charge in [0, 0.05) is 25.2 Å². The summed E-state index contributed by atoms with van der Waals surface area (Å²) in [6.45, 7) is 12.0. The van der Waals surface area contributed by atoms with Crippen LogP contribution in [-0.4, -0.2) is 23.6 Å². The lowest BCUT2D eigenvalue weighted by Crippen LogP contribution is -2.36. The average Bonchev–Trinajstić information content (AvgIpc) is 2.45. The third kappa shape index (κ3) is 4.48. The standard InChI is InChI=1S/C17H29N3/c1-5-14-9-11-20(12-10-14)16-8-6-7-15(19-16)13-18-17(2,3)4/h6-8,14,18H,5,9-13H2,1-4H3. The number of hydrogen-bond donors (Lipinski definition) is 1. The molecule has 0 saturated carbocycles. The Kier molecular flexibility index (Phi) is 5.03. The summed E-state index contributed by atoms with van der Waals surface area (Å²) in [5.41, 5.74) is 1.27. The molecule has 2 rings (SSSR count). The highest BCUT2D eigenvalue weighted by Crippen LogP contribution is 2.23. The number of nitrogens with one attached hydrogen (secondary N) is 1. The second-order valence-electron chi connectivity index (χ2n) is 6.93. The first-order chi connectivity index (χ1) is 9.48. The van der Waals surface area contributed by atoms with Crippen LogP contribution in [0.25, 0.3) is 0 Å². The van der Waals surface area contributed by atoms with E-state index in [0.29, 0.717) is 0 Å². The summed E-state index contributed by atoms with van der Waals surface area (Å²) < 4.78 is 0. The van der Waals surface area contributed by atoms with E-state index in [1.165, 1.54) is 19.3 Å². The summed E-state index contributed by atoms with van der Waals surface area (Å²) in [7, 11) is 0. The molecule has 1 fully saturated rings. The smallest absolute Gasteiger partial charge is 0.128 e. The first-order valence-corrected chi connectivity index (χ1v) is 7.94. The van der Waals surface area contributed by atoms with E-state index < -0.39 is 0 Å². The van der Waals surface area contributed by atoms with Crippen molar-refractivity contribution in [1.29, 1.82) is 0 Å². The summed E-state index contributed by atoms with van der Waals surface area (Å²) in [5.74, 6) is 2.06. The number of rotatable bonds is 4. The highest BCUT2D eigenvalue weighted by molar-refractivity contribution is 5.39. The van der Waals surface area contributed by atoms with Crippen molar-refractivity contribution in [3.05, 3.63) is 23.9 Å². The van der Waals surface area contributed by atoms with Gasteiger partial charge >= 0.3 is 0 Å². The molecule has 1 aromatic rings. The average molecular weight is 275 g/mol. The summed E-state index contributed by atoms with van der Waals surface area (Å²) in [6.07, 6.45) is 3.93. The molecule has 1 aliphatic rings. The monoisotopic (exact) mass is 275 g/mol. The lowest BCUT2D eigenvalue weighted by molar-refractivity contribution is 0.393. The van der Waals surface area contributed by atoms with Crippen LogP contribution in [0.2, 0.25) is 0 Å². The van der Waals surface area contributed by atoms with E-state index in [-0.39, 0.29) is 5.54 Å². The van der Waals surface area contributed by atoms with Gasteiger partial charge in [0.1, 0.15) is 5.82 Å². The lowest BCUT2D eigenvalue weighted by atomic mass is 9.94. The molecule has 112 valence electrons. The summed E-state index contributed by atoms with van der Waals surface area (Å²) >= 11 is 0. The molecule has 2 heterocycles. The first-order valence-electron chi connectivity index (χ1n) is 7.94. The Morgan fingerprint density at radius 3 is 2.55 bits per heavy atom. The molecule has 0 atom stereocenters. The molecule has 0 amide bonds. The van der Waals surface area contributed by atoms with Gasteiger partial charge < -0.3 is 10.2 Å². The van der Waals surface area contributed by atoms with Crippen LogP contribution in [0.1, 0.15) is 52.7 Å². The van der Waals surface area contributed by atoms with Gasteiger partial charge in [0.05, 0.1) is 5.69 Å². The van der Waals surface area contributed by atoms with Gasteiger partial charge in [0.2, 0.25) is 0 Å². The predicted molar refractivity (Wildman–Crippen MR) is 86.1 cm³/mol. The Hall–Kier alpha value is -1.09. The van der Waals surface area contributed by atoms with Crippen molar-refractivity contribution in [3.63, 3.8) is 0 Å². The molecule has 20 heavy (non-hydrogen) atoms. The van der Waals surface area contributed by atoms with E-state index in [1.54, 1.807) is 0 Å². The van der Waals surface area contributed by atoms with Gasteiger partial charge in [0.15, 0.2) is 0 Å². The third-order valence-corrected chi connectivity index (χ3v) is 4.11. The van der Waals surface area contributed by atoms with E-state index in [2.05, 4.69) is 56.1 Å². The van der Waals surface area contributed by atoms with Gasteiger partial charge in [-0.2, -0.15) is 0 Å². The molecule has 0 spiro atoms. The van der Waals surface area contributed by atoms with Crippen molar-refractivity contribution in [2.75, 3.05) is 18.0 Å². The highest BCUT2D eigenvalue weighted by atomic mass is 15.2. The van der Waals surface area contributed by atoms with E-state index in [9.17, 15) is 0 Å². The Labute approximate surface area is 123 Å². The number of hydrogen-bond acceptors (Lipinski definition) is 3. The number of pyridine rings is 1. The Morgan fingerprint density at radius 1 is 1.25 bits per heavy atom. The molecule has 1 N–H and O–H groups in total. The zero-order valence-corrected chi connectivity index (χ0v) is 13.4. The van der Waals surface area contributed by atoms with Crippen molar-refractivity contribution >= 4 is 5.82 Å². The quantitative estimate of drug-likeness (QED) is 0.910. The van der Waals surface area contributed by atoms with E-state index in [1.807, 2.05) is 0 Å². The normalized spacial score (nSPS) is 17.5. The maximum Gasteiger partial charge on any atom is 0.128 e. The molecule has 0 aliphatic carbocycles. The topological polar surface area (TPSA) is 28.2 Å². The van der Waals surface area contributed by atoms with Crippen LogP contribution in [-0.2, 0) is 6.54 Å². The molecule has 0 radical (unpaired) electrons. The Bertz CT molecular complexity index is 414. The minimum atomic E-state index is 0.136. The highest BCUT2D eigenvalue weighted by Gasteiger charge is 2.19. The van der Waals surface area contributed by atoms with Crippen LogP contribution in [0, 0.1) is 5.92 Å². The minimum Gasteiger partial charge on any atom is -0.357 e. The maximum atomic E-state index is 4.81. The van der Waals surface area contributed by atoms with E-state index >= 15 is 0 Å². The molecule has 0 unspecified atom stereocenters. The molecule has 0 aromatic carbocycles. The molecule has 3 nitrogen and oxygen atoms in total. The molecule has 3 heteroatoms. The number of piperidine rings is 1. The first kappa shape index (κ1) is 15.3. The van der Waals surface area contributed by atoms with E-state index in [4.69, 9.17) is 4.98 Å². The number of anilines is 1. The van der Waals surface area contributed by atoms with Crippen LogP contribution in [0.4, 0.5) is 5.82 Å². The lowest BCUT2D eigenvalue weighted by Gasteiger charge is -2.32. The van der Waals surface area contributed by atoms with Crippen molar-refractivity contribution < 1.29 is 0 Å². The van der Waals surface area contributed by atoms with Crippen LogP contribution < -0.4 is 10.2 Å². The van der Waals surface area contributed by atoms with Gasteiger partial charge in [-0.3, -0.25) is 0 Å².